The molecule has 1 heterocycles. The number of aromatic nitrogens is 2. The van der Waals surface area contributed by atoms with Crippen molar-refractivity contribution in [2.75, 3.05) is 0 Å². The second kappa shape index (κ2) is 7.56. The molecule has 0 unspecified atom stereocenters. The summed E-state index contributed by atoms with van der Waals surface area (Å²) in [4.78, 5) is 15.1. The van der Waals surface area contributed by atoms with Gasteiger partial charge >= 0.3 is 17.0 Å². The first-order valence-corrected chi connectivity index (χ1v) is 8.36. The number of carbonyl (C=O) groups excluding carboxylic acids is 1. The first kappa shape index (κ1) is 23.1. The molecule has 0 aromatic carbocycles. The van der Waals surface area contributed by atoms with Gasteiger partial charge in [0, 0.05) is 6.92 Å². The number of nitrogens with zero attached hydrogens (tertiary/aromatic N) is 3. The predicted molar refractivity (Wildman–Crippen MR) is 66.2 cm³/mol. The van der Waals surface area contributed by atoms with E-state index in [1.54, 1.807) is 23.3 Å². The molecule has 0 saturated carbocycles. The molecule has 0 aliphatic heterocycles. The number of hydrogen-bond donors (Lipinski definition) is 0. The van der Waals surface area contributed by atoms with Crippen LogP contribution < -0.4 is 9.40 Å². The minimum Gasteiger partial charge on any atom is -0.421 e. The van der Waals surface area contributed by atoms with Crippen LogP contribution in [-0.4, -0.2) is 38.6 Å². The van der Waals surface area contributed by atoms with Gasteiger partial charge < -0.3 is 4.13 Å². The molecule has 17 heteroatoms. The average molecular weight is 421 g/mol. The van der Waals surface area contributed by atoms with Crippen molar-refractivity contribution in [2.24, 2.45) is 7.05 Å². The van der Waals surface area contributed by atoms with E-state index in [4.69, 9.17) is 4.84 Å². The van der Waals surface area contributed by atoms with E-state index in [1.165, 1.54) is 11.7 Å². The van der Waals surface area contributed by atoms with Gasteiger partial charge in [-0.3, -0.25) is 4.84 Å². The molecule has 146 valence electrons. The summed E-state index contributed by atoms with van der Waals surface area (Å²) in [7, 11) is -11.6. The van der Waals surface area contributed by atoms with Crippen molar-refractivity contribution < 1.29 is 57.4 Å². The fraction of sp³-hybridized carbons (Fsp3) is 0.500. The summed E-state index contributed by atoms with van der Waals surface area (Å²) < 4.78 is 112. The third kappa shape index (κ3) is 7.26. The molecular weight excluding hydrogens is 412 g/mol. The normalized spacial score (nSPS) is 13.0. The molecule has 0 radical (unpaired) electrons. The maximum absolute atomic E-state index is 11.4. The highest BCUT2D eigenvalue weighted by Crippen LogP contribution is 2.36. The number of halogens is 6. The Morgan fingerprint density at radius 3 is 1.68 bits per heavy atom. The molecule has 1 aromatic rings. The number of alkyl halides is 6. The Bertz CT molecular complexity index is 768. The van der Waals surface area contributed by atoms with E-state index in [2.05, 4.69) is 0 Å². The summed E-state index contributed by atoms with van der Waals surface area (Å²) >= 11 is 0. The smallest absolute Gasteiger partial charge is 0.421 e. The Morgan fingerprint density at radius 2 is 1.44 bits per heavy atom. The molecule has 0 bridgehead atoms. The van der Waals surface area contributed by atoms with E-state index in [1.807, 2.05) is 7.05 Å². The maximum atomic E-state index is 11.4. The van der Waals surface area contributed by atoms with Crippen molar-refractivity contribution in [1.82, 2.24) is 4.73 Å². The Labute approximate surface area is 136 Å². The molecule has 1 aromatic heterocycles. The van der Waals surface area contributed by atoms with Crippen LogP contribution in [-0.2, 0) is 31.9 Å². The first-order chi connectivity index (χ1) is 10.9. The molecule has 0 amide bonds. The van der Waals surface area contributed by atoms with Crippen LogP contribution in [0.25, 0.3) is 4.13 Å². The number of imidazole rings is 1. The van der Waals surface area contributed by atoms with Gasteiger partial charge in [0.2, 0.25) is 0 Å². The number of hydrogen-bond acceptors (Lipinski definition) is 6. The second-order valence-corrected chi connectivity index (χ2v) is 7.36. The Kier molecular flexibility index (Phi) is 6.99. The molecule has 0 fully saturated rings. The van der Waals surface area contributed by atoms with Crippen LogP contribution in [0.1, 0.15) is 6.92 Å². The SMILES string of the molecule is CC(=O)On1cc[n+](C)c1.O=S(=O)([N-]S(=O)(=O)C(F)(F)F)C(F)(F)F. The van der Waals surface area contributed by atoms with Gasteiger partial charge in [0.05, 0.1) is 7.05 Å². The summed E-state index contributed by atoms with van der Waals surface area (Å²) in [6.45, 7) is 1.36. The third-order valence-corrected chi connectivity index (χ3v) is 4.50. The lowest BCUT2D eigenvalue weighted by Gasteiger charge is -2.22. The molecule has 0 N–H and O–H groups in total. The van der Waals surface area contributed by atoms with E-state index in [0.717, 1.165) is 4.13 Å². The summed E-state index contributed by atoms with van der Waals surface area (Å²) in [5.41, 5.74) is -12.4. The molecule has 1 rings (SSSR count). The maximum Gasteiger partial charge on any atom is 0.480 e. The van der Waals surface area contributed by atoms with Crippen LogP contribution in [0.3, 0.4) is 0 Å². The minimum atomic E-state index is -6.72. The van der Waals surface area contributed by atoms with Gasteiger partial charge in [-0.15, -0.1) is 0 Å². The highest BCUT2D eigenvalue weighted by molar-refractivity contribution is 8.13. The number of sulfonamides is 2. The van der Waals surface area contributed by atoms with Crippen molar-refractivity contribution in [3.63, 3.8) is 0 Å². The summed E-state index contributed by atoms with van der Waals surface area (Å²) in [6, 6.07) is 0. The van der Waals surface area contributed by atoms with Crippen LogP contribution in [0.5, 0.6) is 0 Å². The van der Waals surface area contributed by atoms with Gasteiger partial charge in [-0.05, 0) is 4.73 Å². The van der Waals surface area contributed by atoms with Crippen molar-refractivity contribution >= 4 is 26.0 Å². The highest BCUT2D eigenvalue weighted by Gasteiger charge is 2.46. The fourth-order valence-electron chi connectivity index (χ4n) is 0.843. The lowest BCUT2D eigenvalue weighted by molar-refractivity contribution is -0.671. The van der Waals surface area contributed by atoms with E-state index in [0.29, 0.717) is 0 Å². The van der Waals surface area contributed by atoms with E-state index >= 15 is 0 Å². The topological polar surface area (TPSA) is 117 Å². The zero-order chi connectivity index (χ0) is 20.3. The van der Waals surface area contributed by atoms with Gasteiger partial charge in [-0.2, -0.15) is 26.3 Å². The van der Waals surface area contributed by atoms with Crippen LogP contribution in [0.15, 0.2) is 18.7 Å². The van der Waals surface area contributed by atoms with Gasteiger partial charge in [-0.25, -0.2) is 26.2 Å². The highest BCUT2D eigenvalue weighted by atomic mass is 32.3. The van der Waals surface area contributed by atoms with Crippen LogP contribution in [0.2, 0.25) is 0 Å². The minimum absolute atomic E-state index is 0.323. The lowest BCUT2D eigenvalue weighted by Crippen LogP contribution is -2.30. The van der Waals surface area contributed by atoms with Crippen LogP contribution in [0, 0.1) is 0 Å². The fourth-order valence-corrected chi connectivity index (χ4v) is 2.55. The van der Waals surface area contributed by atoms with Crippen LogP contribution >= 0.6 is 0 Å². The monoisotopic (exact) mass is 421 g/mol. The molecule has 0 aliphatic rings. The average Bonchev–Trinajstić information content (AvgIpc) is 2.70. The van der Waals surface area contributed by atoms with Crippen LogP contribution in [0.4, 0.5) is 26.3 Å². The second-order valence-electron chi connectivity index (χ2n) is 3.94. The Morgan fingerprint density at radius 1 is 1.04 bits per heavy atom. The predicted octanol–water partition coefficient (Wildman–Crippen LogP) is 0.347. The quantitative estimate of drug-likeness (QED) is 0.513. The van der Waals surface area contributed by atoms with Crippen molar-refractivity contribution in [2.45, 2.75) is 17.9 Å². The lowest BCUT2D eigenvalue weighted by atomic mass is 10.8. The summed E-state index contributed by atoms with van der Waals surface area (Å²) in [5.74, 6) is -0.323. The first-order valence-electron chi connectivity index (χ1n) is 5.48. The molecular formula is C8H9F6N3O6S2. The van der Waals surface area contributed by atoms with Gasteiger partial charge in [-0.1, -0.05) is 0 Å². The number of rotatable bonds is 3. The molecule has 0 atom stereocenters. The number of carbonyl (C=O) groups is 1. The van der Waals surface area contributed by atoms with Gasteiger partial charge in [0.15, 0.2) is 26.2 Å². The molecule has 0 aliphatic carbocycles. The standard InChI is InChI=1S/C6H9N2O2.C2F6NO4S2/c1-6(9)10-8-4-3-7(2)5-8;3-1(4,5)14(10,11)9-15(12,13)2(6,7)8/h3-5H,1-2H3;/q+1;-1. The molecule has 9 nitrogen and oxygen atoms in total. The third-order valence-electron chi connectivity index (χ3n) is 1.76. The van der Waals surface area contributed by atoms with Crippen molar-refractivity contribution in [3.8, 4) is 0 Å². The summed E-state index contributed by atoms with van der Waals surface area (Å²) in [5, 5.41) is 0. The molecule has 0 spiro atoms. The Balaban J connectivity index is 0.000000496. The van der Waals surface area contributed by atoms with E-state index in [-0.39, 0.29) is 5.97 Å². The van der Waals surface area contributed by atoms with Gasteiger partial charge in [0.25, 0.3) is 6.33 Å². The van der Waals surface area contributed by atoms with Crippen molar-refractivity contribution in [1.29, 1.82) is 0 Å². The zero-order valence-corrected chi connectivity index (χ0v) is 13.7. The largest absolute Gasteiger partial charge is 0.480 e. The van der Waals surface area contributed by atoms with E-state index < -0.39 is 31.1 Å². The van der Waals surface area contributed by atoms with Crippen molar-refractivity contribution in [3.05, 3.63) is 22.8 Å². The zero-order valence-electron chi connectivity index (χ0n) is 12.1. The molecule has 0 saturated heterocycles. The Hall–Kier alpha value is -1.88. The van der Waals surface area contributed by atoms with Gasteiger partial charge in [0.1, 0.15) is 6.20 Å². The van der Waals surface area contributed by atoms with E-state index in [9.17, 15) is 48.0 Å². The summed E-state index contributed by atoms with van der Waals surface area (Å²) in [6.07, 6.45) is 5.09. The molecule has 25 heavy (non-hydrogen) atoms. The number of aryl methyl sites for hydroxylation is 1.